The Morgan fingerprint density at radius 3 is 3.05 bits per heavy atom. The van der Waals surface area contributed by atoms with E-state index in [0.29, 0.717) is 18.0 Å². The maximum atomic E-state index is 9.36. The van der Waals surface area contributed by atoms with Crippen LogP contribution in [-0.4, -0.2) is 25.0 Å². The van der Waals surface area contributed by atoms with Gasteiger partial charge in [-0.05, 0) is 17.7 Å². The van der Waals surface area contributed by atoms with Gasteiger partial charge in [-0.25, -0.2) is 20.4 Å². The molecule has 0 saturated heterocycles. The Bertz CT molecular complexity index is 695. The highest BCUT2D eigenvalue weighted by atomic mass is 16.3. The van der Waals surface area contributed by atoms with Crippen molar-refractivity contribution >= 4 is 17.0 Å². The minimum atomic E-state index is 0.247. The van der Waals surface area contributed by atoms with Gasteiger partial charge in [0.2, 0.25) is 0 Å². The number of nitrogens with one attached hydrogen (secondary N) is 3. The fourth-order valence-electron chi connectivity index (χ4n) is 1.76. The Labute approximate surface area is 108 Å². The van der Waals surface area contributed by atoms with Crippen molar-refractivity contribution in [1.82, 2.24) is 25.4 Å². The van der Waals surface area contributed by atoms with Crippen molar-refractivity contribution in [1.29, 1.82) is 0 Å². The molecule has 0 radical (unpaired) electrons. The number of phenolic OH excluding ortho intramolecular Hbond substituents is 1. The zero-order chi connectivity index (χ0) is 13.1. The van der Waals surface area contributed by atoms with E-state index in [9.17, 15) is 5.11 Å². The number of hydrogen-bond acceptors (Lipinski definition) is 6. The van der Waals surface area contributed by atoms with Gasteiger partial charge in [-0.15, -0.1) is 0 Å². The number of aromatic hydroxyl groups is 1. The van der Waals surface area contributed by atoms with E-state index in [1.54, 1.807) is 24.5 Å². The van der Waals surface area contributed by atoms with Crippen molar-refractivity contribution in [2.45, 2.75) is 6.54 Å². The third-order valence-electron chi connectivity index (χ3n) is 2.63. The lowest BCUT2D eigenvalue weighted by molar-refractivity contribution is 0.474. The van der Waals surface area contributed by atoms with Crippen molar-refractivity contribution in [3.05, 3.63) is 42.5 Å². The summed E-state index contributed by atoms with van der Waals surface area (Å²) in [5.41, 5.74) is 8.33. The summed E-state index contributed by atoms with van der Waals surface area (Å²) in [6.07, 6.45) is 3.02. The molecule has 2 heterocycles. The number of aromatic nitrogens is 4. The van der Waals surface area contributed by atoms with Crippen molar-refractivity contribution in [2.75, 3.05) is 5.43 Å². The lowest BCUT2D eigenvalue weighted by Crippen LogP contribution is -2.21. The molecular weight excluding hydrogens is 244 g/mol. The summed E-state index contributed by atoms with van der Waals surface area (Å²) in [6.45, 7) is 0.550. The summed E-state index contributed by atoms with van der Waals surface area (Å²) in [4.78, 5) is 15.2. The van der Waals surface area contributed by atoms with Crippen LogP contribution >= 0.6 is 0 Å². The lowest BCUT2D eigenvalue weighted by atomic mass is 10.2. The van der Waals surface area contributed by atoms with Crippen LogP contribution in [0.4, 0.5) is 5.82 Å². The SMILES string of the molecule is Oc1cccc(CNNc2ncnc3nc[nH]c23)c1. The van der Waals surface area contributed by atoms with E-state index in [2.05, 4.69) is 30.8 Å². The summed E-state index contributed by atoms with van der Waals surface area (Å²) in [5, 5.41) is 9.36. The van der Waals surface area contributed by atoms with Crippen LogP contribution < -0.4 is 10.9 Å². The number of phenols is 1. The smallest absolute Gasteiger partial charge is 0.182 e. The largest absolute Gasteiger partial charge is 0.508 e. The molecule has 0 aliphatic carbocycles. The highest BCUT2D eigenvalue weighted by Gasteiger charge is 2.04. The fourth-order valence-corrected chi connectivity index (χ4v) is 1.76. The van der Waals surface area contributed by atoms with Crippen molar-refractivity contribution in [3.8, 4) is 5.75 Å². The van der Waals surface area contributed by atoms with Crippen molar-refractivity contribution in [3.63, 3.8) is 0 Å². The van der Waals surface area contributed by atoms with E-state index >= 15 is 0 Å². The van der Waals surface area contributed by atoms with Crippen LogP contribution in [0.15, 0.2) is 36.9 Å². The molecule has 2 aromatic heterocycles. The van der Waals surface area contributed by atoms with Gasteiger partial charge in [-0.3, -0.25) is 0 Å². The van der Waals surface area contributed by atoms with Gasteiger partial charge in [-0.1, -0.05) is 12.1 Å². The number of aromatic amines is 1. The molecule has 0 aliphatic heterocycles. The molecule has 3 aromatic rings. The summed E-state index contributed by atoms with van der Waals surface area (Å²) in [7, 11) is 0. The maximum absolute atomic E-state index is 9.36. The number of hydrogen-bond donors (Lipinski definition) is 4. The Balaban J connectivity index is 1.68. The normalized spacial score (nSPS) is 10.7. The Morgan fingerprint density at radius 1 is 1.21 bits per heavy atom. The van der Waals surface area contributed by atoms with Crippen LogP contribution in [0.25, 0.3) is 11.2 Å². The number of hydrazine groups is 1. The van der Waals surface area contributed by atoms with E-state index in [-0.39, 0.29) is 5.75 Å². The highest BCUT2D eigenvalue weighted by molar-refractivity contribution is 5.81. The second-order valence-electron chi connectivity index (χ2n) is 3.97. The summed E-state index contributed by atoms with van der Waals surface area (Å²) in [6, 6.07) is 7.04. The van der Waals surface area contributed by atoms with Gasteiger partial charge >= 0.3 is 0 Å². The molecule has 0 bridgehead atoms. The van der Waals surface area contributed by atoms with E-state index < -0.39 is 0 Å². The number of rotatable bonds is 4. The second-order valence-corrected chi connectivity index (χ2v) is 3.97. The third-order valence-corrected chi connectivity index (χ3v) is 2.63. The van der Waals surface area contributed by atoms with Gasteiger partial charge in [0.15, 0.2) is 11.5 Å². The Morgan fingerprint density at radius 2 is 2.16 bits per heavy atom. The molecule has 3 rings (SSSR count). The first-order chi connectivity index (χ1) is 9.33. The number of anilines is 1. The van der Waals surface area contributed by atoms with Crippen LogP contribution in [0.2, 0.25) is 0 Å². The Kier molecular flexibility index (Phi) is 2.95. The molecular formula is C12H12N6O. The molecule has 0 aliphatic rings. The predicted octanol–water partition coefficient (Wildman–Crippen LogP) is 1.18. The summed E-state index contributed by atoms with van der Waals surface area (Å²) < 4.78 is 0. The van der Waals surface area contributed by atoms with Gasteiger partial charge < -0.3 is 15.5 Å². The highest BCUT2D eigenvalue weighted by Crippen LogP contribution is 2.14. The molecule has 0 fully saturated rings. The third kappa shape index (κ3) is 2.45. The van der Waals surface area contributed by atoms with E-state index in [4.69, 9.17) is 0 Å². The predicted molar refractivity (Wildman–Crippen MR) is 70.3 cm³/mol. The van der Waals surface area contributed by atoms with Crippen LogP contribution in [0.3, 0.4) is 0 Å². The number of imidazole rings is 1. The summed E-state index contributed by atoms with van der Waals surface area (Å²) >= 11 is 0. The van der Waals surface area contributed by atoms with Crippen LogP contribution in [0.1, 0.15) is 5.56 Å². The van der Waals surface area contributed by atoms with Crippen LogP contribution in [-0.2, 0) is 6.54 Å². The molecule has 96 valence electrons. The second kappa shape index (κ2) is 4.91. The van der Waals surface area contributed by atoms with Crippen LogP contribution in [0.5, 0.6) is 5.75 Å². The van der Waals surface area contributed by atoms with Crippen molar-refractivity contribution < 1.29 is 5.11 Å². The number of H-pyrrole nitrogens is 1. The standard InChI is InChI=1S/C12H12N6O/c19-9-3-1-2-8(4-9)5-17-18-12-10-11(14-6-13-10)15-7-16-12/h1-4,6-7,17,19H,5H2,(H2,13,14,15,16,18). The number of benzene rings is 1. The van der Waals surface area contributed by atoms with E-state index in [0.717, 1.165) is 11.1 Å². The minimum absolute atomic E-state index is 0.247. The molecule has 0 atom stereocenters. The molecule has 4 N–H and O–H groups in total. The first-order valence-electron chi connectivity index (χ1n) is 5.74. The molecule has 0 spiro atoms. The van der Waals surface area contributed by atoms with E-state index in [1.807, 2.05) is 6.07 Å². The van der Waals surface area contributed by atoms with Gasteiger partial charge in [-0.2, -0.15) is 0 Å². The molecule has 0 saturated carbocycles. The molecule has 7 nitrogen and oxygen atoms in total. The van der Waals surface area contributed by atoms with Gasteiger partial charge in [0.05, 0.1) is 6.33 Å². The number of nitrogens with zero attached hydrogens (tertiary/aromatic N) is 3. The quantitative estimate of drug-likeness (QED) is 0.523. The maximum Gasteiger partial charge on any atom is 0.182 e. The molecule has 19 heavy (non-hydrogen) atoms. The van der Waals surface area contributed by atoms with Gasteiger partial charge in [0.25, 0.3) is 0 Å². The molecule has 0 amide bonds. The zero-order valence-electron chi connectivity index (χ0n) is 9.96. The first-order valence-corrected chi connectivity index (χ1v) is 5.74. The van der Waals surface area contributed by atoms with Gasteiger partial charge in [0.1, 0.15) is 17.6 Å². The molecule has 1 aromatic carbocycles. The number of fused-ring (bicyclic) bond motifs is 1. The summed E-state index contributed by atoms with van der Waals surface area (Å²) in [5.74, 6) is 0.875. The van der Waals surface area contributed by atoms with Crippen LogP contribution in [0, 0.1) is 0 Å². The molecule has 7 heteroatoms. The average molecular weight is 256 g/mol. The first kappa shape index (κ1) is 11.4. The van der Waals surface area contributed by atoms with Crippen molar-refractivity contribution in [2.24, 2.45) is 0 Å². The fraction of sp³-hybridized carbons (Fsp3) is 0.0833. The molecule has 0 unspecified atom stereocenters. The monoisotopic (exact) mass is 256 g/mol. The zero-order valence-corrected chi connectivity index (χ0v) is 9.96. The lowest BCUT2D eigenvalue weighted by Gasteiger charge is -2.08. The minimum Gasteiger partial charge on any atom is -0.508 e. The Hall–Kier alpha value is -2.67. The van der Waals surface area contributed by atoms with E-state index in [1.165, 1.54) is 6.33 Å². The average Bonchev–Trinajstić information content (AvgIpc) is 2.88. The van der Waals surface area contributed by atoms with Gasteiger partial charge in [0, 0.05) is 6.54 Å². The topological polar surface area (TPSA) is 98.8 Å².